The van der Waals surface area contributed by atoms with Crippen LogP contribution in [0, 0.1) is 0 Å². The van der Waals surface area contributed by atoms with Gasteiger partial charge in [0.2, 0.25) is 0 Å². The SMILES string of the molecule is O=c1c2c(n3c4cc5c(cc4c(=O)n13)c1ccccc1n5-c1ccccc1)-c1ccccc1B2c1c(-c2ccccc2)cccc1-c1ccccc1. The molecule has 0 amide bonds. The van der Waals surface area contributed by atoms with E-state index in [0.717, 1.165) is 71.9 Å². The molecule has 10 aromatic rings. The highest BCUT2D eigenvalue weighted by molar-refractivity contribution is 7.00. The minimum absolute atomic E-state index is 0.278. The van der Waals surface area contributed by atoms with Gasteiger partial charge in [-0.2, -0.15) is 4.52 Å². The Labute approximate surface area is 298 Å². The van der Waals surface area contributed by atoms with Gasteiger partial charge in [0.05, 0.1) is 27.6 Å². The fourth-order valence-corrected chi connectivity index (χ4v) is 8.81. The largest absolute Gasteiger partial charge is 0.309 e. The number of para-hydroxylation sites is 2. The van der Waals surface area contributed by atoms with Crippen molar-refractivity contribution in [1.82, 2.24) is 13.6 Å². The zero-order chi connectivity index (χ0) is 34.5. The van der Waals surface area contributed by atoms with Gasteiger partial charge in [0.25, 0.3) is 17.8 Å². The molecular formula is C46H28BN3O2. The van der Waals surface area contributed by atoms with Gasteiger partial charge in [0.15, 0.2) is 0 Å². The summed E-state index contributed by atoms with van der Waals surface area (Å²) in [4.78, 5) is 29.6. The molecule has 0 bridgehead atoms. The first-order valence-electron chi connectivity index (χ1n) is 17.6. The molecule has 6 heteroatoms. The van der Waals surface area contributed by atoms with Crippen LogP contribution in [0.4, 0.5) is 0 Å². The maximum atomic E-state index is 15.0. The fourth-order valence-electron chi connectivity index (χ4n) is 8.81. The molecule has 0 radical (unpaired) electrons. The van der Waals surface area contributed by atoms with E-state index >= 15 is 4.79 Å². The molecule has 0 fully saturated rings. The molecule has 0 unspecified atom stereocenters. The lowest BCUT2D eigenvalue weighted by atomic mass is 9.37. The molecule has 11 rings (SSSR count). The predicted octanol–water partition coefficient (Wildman–Crippen LogP) is 7.28. The van der Waals surface area contributed by atoms with Crippen molar-refractivity contribution in [3.63, 3.8) is 0 Å². The van der Waals surface area contributed by atoms with Gasteiger partial charge < -0.3 is 4.57 Å². The molecule has 1 aliphatic heterocycles. The van der Waals surface area contributed by atoms with Crippen LogP contribution in [0.25, 0.3) is 71.9 Å². The van der Waals surface area contributed by atoms with Crippen LogP contribution < -0.4 is 27.5 Å². The first-order valence-corrected chi connectivity index (χ1v) is 17.6. The quantitative estimate of drug-likeness (QED) is 0.186. The second-order valence-corrected chi connectivity index (χ2v) is 13.6. The van der Waals surface area contributed by atoms with Crippen molar-refractivity contribution < 1.29 is 0 Å². The Morgan fingerprint density at radius 3 is 1.71 bits per heavy atom. The number of hydrogen-bond acceptors (Lipinski definition) is 2. The van der Waals surface area contributed by atoms with Gasteiger partial charge in [-0.15, -0.1) is 0 Å². The van der Waals surface area contributed by atoms with Gasteiger partial charge in [-0.1, -0.05) is 150 Å². The number of aromatic nitrogens is 3. The molecule has 4 heterocycles. The van der Waals surface area contributed by atoms with Crippen molar-refractivity contribution in [1.29, 1.82) is 0 Å². The topological polar surface area (TPSA) is 47.9 Å². The van der Waals surface area contributed by atoms with Crippen molar-refractivity contribution in [2.45, 2.75) is 0 Å². The Morgan fingerprint density at radius 1 is 0.404 bits per heavy atom. The van der Waals surface area contributed by atoms with Crippen molar-refractivity contribution in [2.75, 3.05) is 0 Å². The van der Waals surface area contributed by atoms with E-state index in [4.69, 9.17) is 0 Å². The first kappa shape index (κ1) is 28.9. The van der Waals surface area contributed by atoms with Gasteiger partial charge in [0, 0.05) is 21.9 Å². The molecule has 0 spiro atoms. The van der Waals surface area contributed by atoms with Crippen LogP contribution in [0.5, 0.6) is 0 Å². The van der Waals surface area contributed by atoms with Crippen LogP contribution >= 0.6 is 0 Å². The summed E-state index contributed by atoms with van der Waals surface area (Å²) in [6.07, 6.45) is 0. The first-order chi connectivity index (χ1) is 25.7. The van der Waals surface area contributed by atoms with E-state index in [1.54, 1.807) is 0 Å². The second-order valence-electron chi connectivity index (χ2n) is 13.6. The summed E-state index contributed by atoms with van der Waals surface area (Å²) in [6, 6.07) is 58.1. The van der Waals surface area contributed by atoms with Crippen molar-refractivity contribution in [2.24, 2.45) is 0 Å². The average Bonchev–Trinajstić information content (AvgIpc) is 3.90. The summed E-state index contributed by atoms with van der Waals surface area (Å²) in [6.45, 7) is -0.397. The van der Waals surface area contributed by atoms with Crippen LogP contribution in [-0.4, -0.2) is 20.3 Å². The lowest BCUT2D eigenvalue weighted by Crippen LogP contribution is -2.55. The third-order valence-electron chi connectivity index (χ3n) is 10.9. The zero-order valence-corrected chi connectivity index (χ0v) is 27.9. The van der Waals surface area contributed by atoms with E-state index < -0.39 is 6.71 Å². The molecule has 0 atom stereocenters. The highest BCUT2D eigenvalue weighted by atomic mass is 16.2. The van der Waals surface area contributed by atoms with Gasteiger partial charge in [0.1, 0.15) is 0 Å². The van der Waals surface area contributed by atoms with Gasteiger partial charge in [-0.05, 0) is 58.1 Å². The molecule has 5 nitrogen and oxygen atoms in total. The lowest BCUT2D eigenvalue weighted by molar-refractivity contribution is 0.828. The Hall–Kier alpha value is -6.92. The van der Waals surface area contributed by atoms with E-state index in [1.807, 2.05) is 59.1 Å². The van der Waals surface area contributed by atoms with E-state index in [9.17, 15) is 4.79 Å². The van der Waals surface area contributed by atoms with Crippen LogP contribution in [0.1, 0.15) is 0 Å². The lowest BCUT2D eigenvalue weighted by Gasteiger charge is -2.20. The standard InChI is InChI=1S/C46H28BN3O2/c51-45-37-27-36-34-21-11-13-26-39(34)48(31-19-8-3-9-20-31)40(36)28-41(37)49-44-35-22-10-12-25-38(35)47(43(44)46(52)50(45)49)42-32(29-15-4-1-5-16-29)23-14-24-33(42)30-17-6-2-7-18-30/h1-28H. The monoisotopic (exact) mass is 665 g/mol. The Morgan fingerprint density at radius 2 is 1.00 bits per heavy atom. The molecule has 1 aliphatic rings. The van der Waals surface area contributed by atoms with Crippen molar-refractivity contribution in [3.05, 3.63) is 191 Å². The second kappa shape index (κ2) is 10.8. The van der Waals surface area contributed by atoms with Crippen molar-refractivity contribution in [3.8, 4) is 39.2 Å². The molecule has 242 valence electrons. The molecule has 0 aliphatic carbocycles. The molecule has 0 N–H and O–H groups in total. The average molecular weight is 666 g/mol. The normalized spacial score (nSPS) is 12.3. The third kappa shape index (κ3) is 3.83. The fraction of sp³-hybridized carbons (Fsp3) is 0. The summed E-state index contributed by atoms with van der Waals surface area (Å²) < 4.78 is 5.52. The summed E-state index contributed by atoms with van der Waals surface area (Å²) in [5.74, 6) is 0. The minimum atomic E-state index is -0.397. The molecule has 52 heavy (non-hydrogen) atoms. The number of rotatable bonds is 4. The Kier molecular flexibility index (Phi) is 5.99. The third-order valence-corrected chi connectivity index (χ3v) is 10.9. The van der Waals surface area contributed by atoms with E-state index in [2.05, 4.69) is 120 Å². The van der Waals surface area contributed by atoms with E-state index in [0.29, 0.717) is 16.4 Å². The maximum Gasteiger partial charge on any atom is 0.282 e. The summed E-state index contributed by atoms with van der Waals surface area (Å²) in [7, 11) is 0. The van der Waals surface area contributed by atoms with Crippen LogP contribution in [0.3, 0.4) is 0 Å². The van der Waals surface area contributed by atoms with Crippen LogP contribution in [-0.2, 0) is 0 Å². The highest BCUT2D eigenvalue weighted by Crippen LogP contribution is 2.36. The highest BCUT2D eigenvalue weighted by Gasteiger charge is 2.42. The van der Waals surface area contributed by atoms with Crippen LogP contribution in [0.2, 0.25) is 0 Å². The van der Waals surface area contributed by atoms with Gasteiger partial charge in [-0.3, -0.25) is 9.59 Å². The number of nitrogens with zero attached hydrogens (tertiary/aromatic N) is 3. The van der Waals surface area contributed by atoms with Crippen molar-refractivity contribution >= 4 is 55.8 Å². The Balaban J connectivity index is 1.27. The smallest absolute Gasteiger partial charge is 0.282 e. The number of fused-ring (bicyclic) bond motifs is 10. The molecule has 0 saturated carbocycles. The summed E-state index contributed by atoms with van der Waals surface area (Å²) >= 11 is 0. The zero-order valence-electron chi connectivity index (χ0n) is 27.9. The molecular weight excluding hydrogens is 637 g/mol. The maximum absolute atomic E-state index is 15.0. The summed E-state index contributed by atoms with van der Waals surface area (Å²) in [5.41, 5.74) is 12.0. The number of benzene rings is 7. The molecule has 3 aromatic heterocycles. The van der Waals surface area contributed by atoms with E-state index in [-0.39, 0.29) is 11.1 Å². The van der Waals surface area contributed by atoms with E-state index in [1.165, 1.54) is 4.52 Å². The minimum Gasteiger partial charge on any atom is -0.309 e. The van der Waals surface area contributed by atoms with Crippen LogP contribution in [0.15, 0.2) is 179 Å². The number of hydrogen-bond donors (Lipinski definition) is 0. The van der Waals surface area contributed by atoms with Gasteiger partial charge >= 0.3 is 0 Å². The molecule has 7 aromatic carbocycles. The van der Waals surface area contributed by atoms with Gasteiger partial charge in [-0.25, -0.2) is 4.52 Å². The Bertz CT molecular complexity index is 3110. The predicted molar refractivity (Wildman–Crippen MR) is 214 cm³/mol. The molecule has 0 saturated heterocycles. The summed E-state index contributed by atoms with van der Waals surface area (Å²) in [5, 5.41) is 2.56.